The van der Waals surface area contributed by atoms with Crippen LogP contribution >= 0.6 is 12.2 Å². The van der Waals surface area contributed by atoms with Crippen molar-refractivity contribution in [3.8, 4) is 11.5 Å². The molecule has 0 atom stereocenters. The fraction of sp³-hybridized carbons (Fsp3) is 0.409. The largest absolute Gasteiger partial charge is 0.454 e. The van der Waals surface area contributed by atoms with Crippen LogP contribution in [0.5, 0.6) is 11.5 Å². The van der Waals surface area contributed by atoms with E-state index in [0.717, 1.165) is 40.6 Å². The van der Waals surface area contributed by atoms with Crippen LogP contribution in [0.4, 0.5) is 4.39 Å². The zero-order chi connectivity index (χ0) is 19.3. The lowest BCUT2D eigenvalue weighted by Gasteiger charge is -2.36. The van der Waals surface area contributed by atoms with Gasteiger partial charge >= 0.3 is 0 Å². The number of ether oxygens (including phenoxy) is 2. The molecule has 1 saturated carbocycles. The summed E-state index contributed by atoms with van der Waals surface area (Å²) in [7, 11) is 0. The SMILES string of the molecule is Fc1ccc(CN(C(=S)NCc2ccc3c(c2)OCO3)C2CCCCC2)cc1. The standard InChI is InChI=1S/C22H25FN2O2S/c23-18-9-6-16(7-10-18)14-25(19-4-2-1-3-5-19)22(28)24-13-17-8-11-20-21(12-17)27-15-26-20/h6-12,19H,1-5,13-15H2,(H,24,28). The number of nitrogens with one attached hydrogen (secondary N) is 1. The van der Waals surface area contributed by atoms with Crippen molar-refractivity contribution in [2.75, 3.05) is 6.79 Å². The van der Waals surface area contributed by atoms with Crippen molar-refractivity contribution in [3.05, 3.63) is 59.4 Å². The third-order valence-electron chi connectivity index (χ3n) is 5.42. The van der Waals surface area contributed by atoms with Crippen molar-refractivity contribution >= 4 is 17.3 Å². The summed E-state index contributed by atoms with van der Waals surface area (Å²) in [6.07, 6.45) is 6.04. The lowest BCUT2D eigenvalue weighted by molar-refractivity contribution is 0.174. The van der Waals surface area contributed by atoms with Crippen LogP contribution < -0.4 is 14.8 Å². The molecule has 2 aromatic rings. The predicted molar refractivity (Wildman–Crippen MR) is 111 cm³/mol. The highest BCUT2D eigenvalue weighted by atomic mass is 32.1. The number of nitrogens with zero attached hydrogens (tertiary/aromatic N) is 1. The Morgan fingerprint density at radius 1 is 1.00 bits per heavy atom. The van der Waals surface area contributed by atoms with Gasteiger partial charge in [0.25, 0.3) is 0 Å². The van der Waals surface area contributed by atoms with Crippen molar-refractivity contribution in [2.45, 2.75) is 51.2 Å². The van der Waals surface area contributed by atoms with Gasteiger partial charge in [0.15, 0.2) is 16.6 Å². The van der Waals surface area contributed by atoms with Crippen molar-refractivity contribution in [3.63, 3.8) is 0 Å². The minimum absolute atomic E-state index is 0.212. The third-order valence-corrected chi connectivity index (χ3v) is 5.80. The van der Waals surface area contributed by atoms with Crippen molar-refractivity contribution in [2.24, 2.45) is 0 Å². The zero-order valence-electron chi connectivity index (χ0n) is 15.8. The molecular formula is C22H25FN2O2S. The first-order valence-corrected chi connectivity index (χ1v) is 10.3. The second-order valence-electron chi connectivity index (χ2n) is 7.39. The summed E-state index contributed by atoms with van der Waals surface area (Å²) in [5.41, 5.74) is 2.16. The molecule has 0 radical (unpaired) electrons. The Balaban J connectivity index is 1.43. The summed E-state index contributed by atoms with van der Waals surface area (Å²) >= 11 is 5.76. The first kappa shape index (κ1) is 19.0. The Labute approximate surface area is 170 Å². The molecule has 1 fully saturated rings. The van der Waals surface area contributed by atoms with E-state index in [1.165, 1.54) is 31.4 Å². The molecule has 1 aliphatic heterocycles. The van der Waals surface area contributed by atoms with Gasteiger partial charge < -0.3 is 19.7 Å². The molecule has 2 aliphatic rings. The molecule has 0 amide bonds. The van der Waals surface area contributed by atoms with Gasteiger partial charge in [-0.05, 0) is 60.5 Å². The molecule has 1 N–H and O–H groups in total. The normalized spacial score (nSPS) is 16.0. The smallest absolute Gasteiger partial charge is 0.231 e. The van der Waals surface area contributed by atoms with Crippen molar-refractivity contribution < 1.29 is 13.9 Å². The van der Waals surface area contributed by atoms with E-state index in [0.29, 0.717) is 19.1 Å². The molecular weight excluding hydrogens is 375 g/mol. The lowest BCUT2D eigenvalue weighted by atomic mass is 9.94. The van der Waals surface area contributed by atoms with Gasteiger partial charge in [-0.25, -0.2) is 4.39 Å². The van der Waals surface area contributed by atoms with E-state index >= 15 is 0 Å². The van der Waals surface area contributed by atoms with Gasteiger partial charge in [0, 0.05) is 19.1 Å². The van der Waals surface area contributed by atoms with E-state index in [1.54, 1.807) is 0 Å². The maximum atomic E-state index is 13.3. The van der Waals surface area contributed by atoms with Crippen LogP contribution in [0.15, 0.2) is 42.5 Å². The Morgan fingerprint density at radius 3 is 2.50 bits per heavy atom. The number of fused-ring (bicyclic) bond motifs is 1. The van der Waals surface area contributed by atoms with Crippen LogP contribution in [0.25, 0.3) is 0 Å². The average Bonchev–Trinajstić information content (AvgIpc) is 3.20. The summed E-state index contributed by atoms with van der Waals surface area (Å²) in [5, 5.41) is 4.15. The highest BCUT2D eigenvalue weighted by Crippen LogP contribution is 2.32. The summed E-state index contributed by atoms with van der Waals surface area (Å²) < 4.78 is 24.1. The fourth-order valence-corrected chi connectivity index (χ4v) is 4.16. The summed E-state index contributed by atoms with van der Waals surface area (Å²) in [5.74, 6) is 1.35. The molecule has 4 rings (SSSR count). The van der Waals surface area contributed by atoms with Gasteiger partial charge in [0.1, 0.15) is 5.82 Å². The van der Waals surface area contributed by atoms with E-state index < -0.39 is 0 Å². The topological polar surface area (TPSA) is 33.7 Å². The Kier molecular flexibility index (Phi) is 5.95. The highest BCUT2D eigenvalue weighted by Gasteiger charge is 2.23. The number of benzene rings is 2. The number of rotatable bonds is 5. The second-order valence-corrected chi connectivity index (χ2v) is 7.78. The van der Waals surface area contributed by atoms with Gasteiger partial charge in [0.05, 0.1) is 0 Å². The van der Waals surface area contributed by atoms with Crippen LogP contribution in [0.2, 0.25) is 0 Å². The molecule has 6 heteroatoms. The summed E-state index contributed by atoms with van der Waals surface area (Å²) in [6.45, 7) is 1.60. The number of hydrogen-bond donors (Lipinski definition) is 1. The van der Waals surface area contributed by atoms with E-state index in [-0.39, 0.29) is 12.6 Å². The average molecular weight is 401 g/mol. The summed E-state index contributed by atoms with van der Waals surface area (Å²) in [4.78, 5) is 2.27. The second kappa shape index (κ2) is 8.78. The van der Waals surface area contributed by atoms with E-state index in [2.05, 4.69) is 10.2 Å². The first-order chi connectivity index (χ1) is 13.7. The number of hydrogen-bond acceptors (Lipinski definition) is 3. The van der Waals surface area contributed by atoms with Gasteiger partial charge in [0.2, 0.25) is 6.79 Å². The fourth-order valence-electron chi connectivity index (χ4n) is 3.88. The molecule has 28 heavy (non-hydrogen) atoms. The molecule has 0 spiro atoms. The Morgan fingerprint density at radius 2 is 1.71 bits per heavy atom. The lowest BCUT2D eigenvalue weighted by Crippen LogP contribution is -2.46. The monoisotopic (exact) mass is 400 g/mol. The van der Waals surface area contributed by atoms with E-state index in [1.807, 2.05) is 30.3 Å². The predicted octanol–water partition coefficient (Wildman–Crippen LogP) is 4.76. The quantitative estimate of drug-likeness (QED) is 0.732. The highest BCUT2D eigenvalue weighted by molar-refractivity contribution is 7.80. The van der Waals surface area contributed by atoms with Gasteiger partial charge in [-0.2, -0.15) is 0 Å². The maximum absolute atomic E-state index is 13.3. The summed E-state index contributed by atoms with van der Waals surface area (Å²) in [6, 6.07) is 13.1. The van der Waals surface area contributed by atoms with Crippen LogP contribution in [0.3, 0.4) is 0 Å². The molecule has 2 aromatic carbocycles. The third kappa shape index (κ3) is 4.55. The van der Waals surface area contributed by atoms with Crippen molar-refractivity contribution in [1.29, 1.82) is 0 Å². The van der Waals surface area contributed by atoms with Crippen molar-refractivity contribution in [1.82, 2.24) is 10.2 Å². The van der Waals surface area contributed by atoms with Gasteiger partial charge in [-0.1, -0.05) is 37.5 Å². The van der Waals surface area contributed by atoms with Crippen LogP contribution in [0.1, 0.15) is 43.2 Å². The van der Waals surface area contributed by atoms with Crippen LogP contribution in [0, 0.1) is 5.82 Å². The zero-order valence-corrected chi connectivity index (χ0v) is 16.6. The number of thiocarbonyl (C=S) groups is 1. The molecule has 0 aromatic heterocycles. The van der Waals surface area contributed by atoms with E-state index in [4.69, 9.17) is 21.7 Å². The molecule has 1 aliphatic carbocycles. The molecule has 0 bridgehead atoms. The maximum Gasteiger partial charge on any atom is 0.231 e. The van der Waals surface area contributed by atoms with Crippen LogP contribution in [-0.2, 0) is 13.1 Å². The minimum atomic E-state index is -0.212. The molecule has 1 heterocycles. The van der Waals surface area contributed by atoms with Gasteiger partial charge in [-0.15, -0.1) is 0 Å². The number of halogens is 1. The Bertz CT molecular complexity index is 822. The molecule has 0 saturated heterocycles. The molecule has 148 valence electrons. The van der Waals surface area contributed by atoms with Gasteiger partial charge in [-0.3, -0.25) is 0 Å². The Hall–Kier alpha value is -2.34. The molecule has 0 unspecified atom stereocenters. The van der Waals surface area contributed by atoms with E-state index in [9.17, 15) is 4.39 Å². The van der Waals surface area contributed by atoms with Crippen LogP contribution in [-0.4, -0.2) is 22.8 Å². The first-order valence-electron chi connectivity index (χ1n) is 9.86. The molecule has 4 nitrogen and oxygen atoms in total. The minimum Gasteiger partial charge on any atom is -0.454 e.